The van der Waals surface area contributed by atoms with E-state index in [1.54, 1.807) is 19.3 Å². The summed E-state index contributed by atoms with van der Waals surface area (Å²) in [5, 5.41) is 6.03. The lowest BCUT2D eigenvalue weighted by atomic mass is 10.2. The van der Waals surface area contributed by atoms with Gasteiger partial charge in [0.2, 0.25) is 0 Å². The molecule has 74 valence electrons. The molecule has 0 bridgehead atoms. The first kappa shape index (κ1) is 10.7. The van der Waals surface area contributed by atoms with Crippen molar-refractivity contribution in [1.29, 1.82) is 0 Å². The molecule has 1 aromatic heterocycles. The highest BCUT2D eigenvalue weighted by molar-refractivity contribution is 6.29. The SMILES string of the molecule is CN/C(=C\N=O)Cc1ccc(Cl)nc1. The molecule has 0 aliphatic heterocycles. The quantitative estimate of drug-likeness (QED) is 0.613. The number of hydrogen-bond acceptors (Lipinski definition) is 4. The summed E-state index contributed by atoms with van der Waals surface area (Å²) in [5.74, 6) is 0. The van der Waals surface area contributed by atoms with Crippen LogP contribution in [0, 0.1) is 4.91 Å². The first-order valence-electron chi connectivity index (χ1n) is 4.06. The molecular formula is C9H10ClN3O. The molecule has 1 heterocycles. The van der Waals surface area contributed by atoms with Crippen molar-refractivity contribution in [2.24, 2.45) is 5.18 Å². The van der Waals surface area contributed by atoms with Gasteiger partial charge in [0, 0.05) is 25.4 Å². The lowest BCUT2D eigenvalue weighted by Gasteiger charge is -2.04. The maximum Gasteiger partial charge on any atom is 0.129 e. The van der Waals surface area contributed by atoms with E-state index in [-0.39, 0.29) is 0 Å². The summed E-state index contributed by atoms with van der Waals surface area (Å²) in [4.78, 5) is 13.9. The number of hydrogen-bond donors (Lipinski definition) is 1. The van der Waals surface area contributed by atoms with Crippen LogP contribution in [-0.2, 0) is 6.42 Å². The molecule has 0 aliphatic rings. The van der Waals surface area contributed by atoms with Crippen molar-refractivity contribution in [2.75, 3.05) is 7.05 Å². The van der Waals surface area contributed by atoms with E-state index < -0.39 is 0 Å². The molecule has 0 radical (unpaired) electrons. The van der Waals surface area contributed by atoms with E-state index in [1.165, 1.54) is 6.20 Å². The Kier molecular flexibility index (Phi) is 4.07. The van der Waals surface area contributed by atoms with Crippen molar-refractivity contribution in [2.45, 2.75) is 6.42 Å². The molecule has 0 spiro atoms. The Morgan fingerprint density at radius 2 is 2.50 bits per heavy atom. The van der Waals surface area contributed by atoms with Crippen LogP contribution in [-0.4, -0.2) is 12.0 Å². The first-order chi connectivity index (χ1) is 6.76. The van der Waals surface area contributed by atoms with Crippen molar-refractivity contribution in [1.82, 2.24) is 10.3 Å². The molecule has 4 nitrogen and oxygen atoms in total. The molecule has 14 heavy (non-hydrogen) atoms. The van der Waals surface area contributed by atoms with E-state index in [1.807, 2.05) is 6.07 Å². The van der Waals surface area contributed by atoms with Crippen LogP contribution in [0.1, 0.15) is 5.56 Å². The van der Waals surface area contributed by atoms with Crippen molar-refractivity contribution in [3.05, 3.63) is 45.9 Å². The fourth-order valence-corrected chi connectivity index (χ4v) is 1.10. The van der Waals surface area contributed by atoms with Crippen LogP contribution in [0.3, 0.4) is 0 Å². The van der Waals surface area contributed by atoms with Gasteiger partial charge in [0.25, 0.3) is 0 Å². The molecule has 0 amide bonds. The molecule has 0 aliphatic carbocycles. The van der Waals surface area contributed by atoms with Gasteiger partial charge in [0.05, 0.1) is 6.20 Å². The van der Waals surface area contributed by atoms with Crippen LogP contribution < -0.4 is 5.32 Å². The zero-order valence-corrected chi connectivity index (χ0v) is 8.45. The number of aromatic nitrogens is 1. The first-order valence-corrected chi connectivity index (χ1v) is 4.43. The summed E-state index contributed by atoms with van der Waals surface area (Å²) in [7, 11) is 1.74. The summed E-state index contributed by atoms with van der Waals surface area (Å²) in [6, 6.07) is 3.56. The Bertz CT molecular complexity index is 334. The number of allylic oxidation sites excluding steroid dienone is 1. The van der Waals surface area contributed by atoms with Crippen molar-refractivity contribution < 1.29 is 0 Å². The molecule has 0 atom stereocenters. The Morgan fingerprint density at radius 1 is 1.71 bits per heavy atom. The Hall–Kier alpha value is -1.42. The minimum Gasteiger partial charge on any atom is -0.390 e. The molecule has 0 fully saturated rings. The molecule has 0 unspecified atom stereocenters. The third-order valence-corrected chi connectivity index (χ3v) is 1.94. The van der Waals surface area contributed by atoms with Gasteiger partial charge in [-0.15, -0.1) is 4.91 Å². The Morgan fingerprint density at radius 3 is 3.00 bits per heavy atom. The summed E-state index contributed by atoms with van der Waals surface area (Å²) >= 11 is 5.63. The molecule has 1 rings (SSSR count). The van der Waals surface area contributed by atoms with E-state index in [9.17, 15) is 4.91 Å². The van der Waals surface area contributed by atoms with E-state index in [0.29, 0.717) is 11.6 Å². The summed E-state index contributed by atoms with van der Waals surface area (Å²) in [5.41, 5.74) is 1.71. The molecule has 0 saturated carbocycles. The van der Waals surface area contributed by atoms with Gasteiger partial charge in [-0.1, -0.05) is 17.7 Å². The molecule has 0 aromatic carbocycles. The van der Waals surface area contributed by atoms with Crippen molar-refractivity contribution in [3.63, 3.8) is 0 Å². The highest BCUT2D eigenvalue weighted by Crippen LogP contribution is 2.08. The number of halogens is 1. The molecular weight excluding hydrogens is 202 g/mol. The number of pyridine rings is 1. The number of rotatable bonds is 4. The normalized spacial score (nSPS) is 11.1. The predicted molar refractivity (Wildman–Crippen MR) is 55.9 cm³/mol. The predicted octanol–water partition coefficient (Wildman–Crippen LogP) is 2.10. The summed E-state index contributed by atoms with van der Waals surface area (Å²) < 4.78 is 0. The second-order valence-corrected chi connectivity index (χ2v) is 3.06. The number of nitrogens with one attached hydrogen (secondary N) is 1. The van der Waals surface area contributed by atoms with Crippen molar-refractivity contribution in [3.8, 4) is 0 Å². The monoisotopic (exact) mass is 211 g/mol. The van der Waals surface area contributed by atoms with Gasteiger partial charge in [-0.3, -0.25) is 0 Å². The highest BCUT2D eigenvalue weighted by atomic mass is 35.5. The maximum atomic E-state index is 10.0. The average molecular weight is 212 g/mol. The lowest BCUT2D eigenvalue weighted by Crippen LogP contribution is -2.08. The molecule has 0 saturated heterocycles. The summed E-state index contributed by atoms with van der Waals surface area (Å²) in [6.07, 6.45) is 3.50. The zero-order chi connectivity index (χ0) is 10.4. The van der Waals surface area contributed by atoms with E-state index in [2.05, 4.69) is 15.5 Å². The lowest BCUT2D eigenvalue weighted by molar-refractivity contribution is 0.908. The fourth-order valence-electron chi connectivity index (χ4n) is 0.993. The molecule has 5 heteroatoms. The summed E-state index contributed by atoms with van der Waals surface area (Å²) in [6.45, 7) is 0. The second-order valence-electron chi connectivity index (χ2n) is 2.68. The standard InChI is InChI=1S/C9H10ClN3O/c1-11-8(6-13-14)4-7-2-3-9(10)12-5-7/h2-3,5-6,11H,4H2,1H3/b8-6-. The minimum absolute atomic E-state index is 0.456. The maximum absolute atomic E-state index is 10.0. The van der Waals surface area contributed by atoms with E-state index in [4.69, 9.17) is 11.6 Å². The Balaban J connectivity index is 2.72. The number of nitrogens with zero attached hydrogens (tertiary/aromatic N) is 2. The van der Waals surface area contributed by atoms with E-state index in [0.717, 1.165) is 11.3 Å². The van der Waals surface area contributed by atoms with Gasteiger partial charge in [-0.25, -0.2) is 4.98 Å². The molecule has 1 N–H and O–H groups in total. The third-order valence-electron chi connectivity index (χ3n) is 1.71. The van der Waals surface area contributed by atoms with Gasteiger partial charge in [0.15, 0.2) is 0 Å². The highest BCUT2D eigenvalue weighted by Gasteiger charge is 1.98. The molecule has 1 aromatic rings. The smallest absolute Gasteiger partial charge is 0.129 e. The van der Waals surface area contributed by atoms with Gasteiger partial charge < -0.3 is 5.32 Å². The minimum atomic E-state index is 0.456. The van der Waals surface area contributed by atoms with E-state index >= 15 is 0 Å². The number of likely N-dealkylation sites (N-methyl/N-ethyl adjacent to an activating group) is 1. The van der Waals surface area contributed by atoms with Crippen LogP contribution in [0.15, 0.2) is 35.4 Å². The van der Waals surface area contributed by atoms with Crippen molar-refractivity contribution >= 4 is 11.6 Å². The number of nitroso groups, excluding NO2 is 1. The van der Waals surface area contributed by atoms with Crippen LogP contribution in [0.4, 0.5) is 0 Å². The third kappa shape index (κ3) is 3.14. The zero-order valence-electron chi connectivity index (χ0n) is 7.70. The Labute approximate surface area is 87.0 Å². The van der Waals surface area contributed by atoms with Crippen LogP contribution in [0.2, 0.25) is 5.15 Å². The van der Waals surface area contributed by atoms with Gasteiger partial charge in [0.1, 0.15) is 5.15 Å². The topological polar surface area (TPSA) is 54.4 Å². The van der Waals surface area contributed by atoms with Crippen LogP contribution in [0.25, 0.3) is 0 Å². The average Bonchev–Trinajstić information content (AvgIpc) is 2.20. The van der Waals surface area contributed by atoms with Crippen LogP contribution >= 0.6 is 11.6 Å². The fraction of sp³-hybridized carbons (Fsp3) is 0.222. The van der Waals surface area contributed by atoms with Gasteiger partial charge in [-0.05, 0) is 16.8 Å². The van der Waals surface area contributed by atoms with Gasteiger partial charge in [-0.2, -0.15) is 0 Å². The second kappa shape index (κ2) is 5.34. The van der Waals surface area contributed by atoms with Gasteiger partial charge >= 0.3 is 0 Å². The van der Waals surface area contributed by atoms with Crippen LogP contribution in [0.5, 0.6) is 0 Å². The largest absolute Gasteiger partial charge is 0.390 e.